The highest BCUT2D eigenvalue weighted by Crippen LogP contribution is 2.42. The van der Waals surface area contributed by atoms with Crippen molar-refractivity contribution in [3.05, 3.63) is 101 Å². The summed E-state index contributed by atoms with van der Waals surface area (Å²) in [6.45, 7) is 5.79. The third kappa shape index (κ3) is 4.02. The standard InChI is InChI=1S/C29H21F6N/c1-16-4-9-22-23-10-5-17(2)13-27(23)36(26(22)12-16)25-14-19(7-6-18(25)3)21-11-8-20(28(30,31)32)15-24(21)29(33,34)35/h4-15H,1-3H3. The van der Waals surface area contributed by atoms with Gasteiger partial charge in [0.05, 0.1) is 22.2 Å². The van der Waals surface area contributed by atoms with Crippen molar-refractivity contribution >= 4 is 21.8 Å². The lowest BCUT2D eigenvalue weighted by atomic mass is 9.95. The maximum Gasteiger partial charge on any atom is 0.417 e. The molecule has 7 heteroatoms. The summed E-state index contributed by atoms with van der Waals surface area (Å²) in [5, 5.41) is 2.01. The van der Waals surface area contributed by atoms with Gasteiger partial charge in [-0.2, -0.15) is 26.3 Å². The van der Waals surface area contributed by atoms with Gasteiger partial charge >= 0.3 is 12.4 Å². The maximum absolute atomic E-state index is 13.9. The number of alkyl halides is 6. The zero-order valence-corrected chi connectivity index (χ0v) is 19.6. The smallest absolute Gasteiger partial charge is 0.309 e. The molecular formula is C29H21F6N. The number of benzene rings is 4. The summed E-state index contributed by atoms with van der Waals surface area (Å²) in [7, 11) is 0. The average Bonchev–Trinajstić information content (AvgIpc) is 3.10. The maximum atomic E-state index is 13.9. The van der Waals surface area contributed by atoms with E-state index in [9.17, 15) is 26.3 Å². The Kier molecular flexibility index (Phi) is 5.43. The van der Waals surface area contributed by atoms with Crippen LogP contribution in [-0.2, 0) is 12.4 Å². The summed E-state index contributed by atoms with van der Waals surface area (Å²) in [6, 6.07) is 18.7. The minimum Gasteiger partial charge on any atom is -0.309 e. The first-order chi connectivity index (χ1) is 16.8. The minimum atomic E-state index is -4.96. The van der Waals surface area contributed by atoms with Crippen LogP contribution < -0.4 is 0 Å². The van der Waals surface area contributed by atoms with Gasteiger partial charge in [0.2, 0.25) is 0 Å². The van der Waals surface area contributed by atoms with E-state index in [1.807, 2.05) is 61.7 Å². The van der Waals surface area contributed by atoms with Crippen molar-refractivity contribution in [2.24, 2.45) is 0 Å². The number of rotatable bonds is 2. The van der Waals surface area contributed by atoms with Gasteiger partial charge < -0.3 is 4.57 Å². The number of halogens is 6. The van der Waals surface area contributed by atoms with Crippen LogP contribution in [0.4, 0.5) is 26.3 Å². The molecule has 0 saturated heterocycles. The Labute approximate surface area is 203 Å². The minimum absolute atomic E-state index is 0.183. The normalized spacial score (nSPS) is 12.6. The average molecular weight is 497 g/mol. The van der Waals surface area contributed by atoms with Crippen molar-refractivity contribution in [1.82, 2.24) is 4.57 Å². The molecule has 0 aliphatic carbocycles. The fourth-order valence-electron chi connectivity index (χ4n) is 4.72. The molecule has 0 unspecified atom stereocenters. The van der Waals surface area contributed by atoms with E-state index in [4.69, 9.17) is 0 Å². The Morgan fingerprint density at radius 2 is 1.17 bits per heavy atom. The largest absolute Gasteiger partial charge is 0.417 e. The second kappa shape index (κ2) is 8.15. The molecule has 184 valence electrons. The van der Waals surface area contributed by atoms with E-state index < -0.39 is 23.5 Å². The van der Waals surface area contributed by atoms with E-state index in [0.717, 1.165) is 44.6 Å². The molecule has 5 aromatic rings. The number of fused-ring (bicyclic) bond motifs is 3. The third-order valence-corrected chi connectivity index (χ3v) is 6.49. The zero-order chi connectivity index (χ0) is 26.0. The summed E-state index contributed by atoms with van der Waals surface area (Å²) < 4.78 is 83.2. The van der Waals surface area contributed by atoms with E-state index in [2.05, 4.69) is 0 Å². The van der Waals surface area contributed by atoms with Gasteiger partial charge in [0.15, 0.2) is 0 Å². The van der Waals surface area contributed by atoms with Crippen molar-refractivity contribution in [1.29, 1.82) is 0 Å². The zero-order valence-electron chi connectivity index (χ0n) is 19.6. The molecule has 1 heterocycles. The molecule has 0 saturated carbocycles. The van der Waals surface area contributed by atoms with Crippen LogP contribution >= 0.6 is 0 Å². The lowest BCUT2D eigenvalue weighted by Crippen LogP contribution is -2.12. The molecule has 0 amide bonds. The molecule has 0 spiro atoms. The van der Waals surface area contributed by atoms with E-state index in [1.165, 1.54) is 6.07 Å². The van der Waals surface area contributed by atoms with Gasteiger partial charge in [-0.25, -0.2) is 0 Å². The Morgan fingerprint density at radius 1 is 0.583 bits per heavy atom. The Balaban J connectivity index is 1.81. The van der Waals surface area contributed by atoms with Gasteiger partial charge in [-0.1, -0.05) is 42.5 Å². The molecule has 0 radical (unpaired) electrons. The number of aromatic nitrogens is 1. The van der Waals surface area contributed by atoms with E-state index in [-0.39, 0.29) is 17.2 Å². The molecule has 36 heavy (non-hydrogen) atoms. The molecule has 0 bridgehead atoms. The van der Waals surface area contributed by atoms with Crippen LogP contribution in [0.5, 0.6) is 0 Å². The van der Waals surface area contributed by atoms with Gasteiger partial charge in [0.25, 0.3) is 0 Å². The fraction of sp³-hybridized carbons (Fsp3) is 0.172. The number of aryl methyl sites for hydroxylation is 3. The first-order valence-corrected chi connectivity index (χ1v) is 11.3. The summed E-state index contributed by atoms with van der Waals surface area (Å²) in [6.07, 6.45) is -9.83. The Hall–Kier alpha value is -3.74. The van der Waals surface area contributed by atoms with E-state index >= 15 is 0 Å². The fourth-order valence-corrected chi connectivity index (χ4v) is 4.72. The highest BCUT2D eigenvalue weighted by molar-refractivity contribution is 6.09. The second-order valence-corrected chi connectivity index (χ2v) is 9.13. The van der Waals surface area contributed by atoms with Gasteiger partial charge in [0, 0.05) is 16.5 Å². The van der Waals surface area contributed by atoms with Crippen molar-refractivity contribution in [2.45, 2.75) is 33.1 Å². The lowest BCUT2D eigenvalue weighted by Gasteiger charge is -2.18. The van der Waals surface area contributed by atoms with Crippen LogP contribution in [0.15, 0.2) is 72.8 Å². The van der Waals surface area contributed by atoms with E-state index in [0.29, 0.717) is 11.8 Å². The summed E-state index contributed by atoms with van der Waals surface area (Å²) >= 11 is 0. The SMILES string of the molecule is Cc1ccc2c3ccc(C)cc3n(-c3cc(-c4ccc(C(F)(F)F)cc4C(F)(F)F)ccc3C)c2c1. The first-order valence-electron chi connectivity index (χ1n) is 11.3. The summed E-state index contributed by atoms with van der Waals surface area (Å²) in [5.74, 6) is 0. The quantitative estimate of drug-likeness (QED) is 0.214. The monoisotopic (exact) mass is 497 g/mol. The number of hydrogen-bond donors (Lipinski definition) is 0. The topological polar surface area (TPSA) is 4.93 Å². The predicted octanol–water partition coefficient (Wildman–Crippen LogP) is 9.41. The van der Waals surface area contributed by atoms with Gasteiger partial charge in [0.1, 0.15) is 0 Å². The molecule has 0 N–H and O–H groups in total. The van der Waals surface area contributed by atoms with E-state index in [1.54, 1.807) is 12.1 Å². The van der Waals surface area contributed by atoms with Gasteiger partial charge in [-0.05, 0) is 78.9 Å². The van der Waals surface area contributed by atoms with Crippen LogP contribution in [0.25, 0.3) is 38.6 Å². The molecule has 1 aromatic heterocycles. The molecular weight excluding hydrogens is 476 g/mol. The van der Waals surface area contributed by atoms with Crippen LogP contribution in [0.1, 0.15) is 27.8 Å². The Bertz CT molecular complexity index is 1580. The van der Waals surface area contributed by atoms with Crippen molar-refractivity contribution in [3.8, 4) is 16.8 Å². The highest BCUT2D eigenvalue weighted by Gasteiger charge is 2.38. The highest BCUT2D eigenvalue weighted by atomic mass is 19.4. The Morgan fingerprint density at radius 3 is 1.69 bits per heavy atom. The van der Waals surface area contributed by atoms with Gasteiger partial charge in [-0.15, -0.1) is 0 Å². The molecule has 1 nitrogen and oxygen atoms in total. The number of hydrogen-bond acceptors (Lipinski definition) is 0. The summed E-state index contributed by atoms with van der Waals surface area (Å²) in [5.41, 5.74) is 2.58. The van der Waals surface area contributed by atoms with Crippen molar-refractivity contribution in [3.63, 3.8) is 0 Å². The van der Waals surface area contributed by atoms with Gasteiger partial charge in [-0.3, -0.25) is 0 Å². The second-order valence-electron chi connectivity index (χ2n) is 9.13. The summed E-state index contributed by atoms with van der Waals surface area (Å²) in [4.78, 5) is 0. The third-order valence-electron chi connectivity index (χ3n) is 6.49. The molecule has 4 aromatic carbocycles. The molecule has 0 fully saturated rings. The molecule has 0 atom stereocenters. The van der Waals surface area contributed by atoms with Crippen molar-refractivity contribution < 1.29 is 26.3 Å². The van der Waals surface area contributed by atoms with Crippen LogP contribution in [0.3, 0.4) is 0 Å². The lowest BCUT2D eigenvalue weighted by molar-refractivity contribution is -0.142. The first kappa shape index (κ1) is 24.0. The van der Waals surface area contributed by atoms with Crippen LogP contribution in [0, 0.1) is 20.8 Å². The van der Waals surface area contributed by atoms with Crippen LogP contribution in [0.2, 0.25) is 0 Å². The number of nitrogens with zero attached hydrogens (tertiary/aromatic N) is 1. The molecule has 0 aliphatic heterocycles. The molecule has 0 aliphatic rings. The van der Waals surface area contributed by atoms with Crippen LogP contribution in [-0.4, -0.2) is 4.57 Å². The van der Waals surface area contributed by atoms with Crippen molar-refractivity contribution in [2.75, 3.05) is 0 Å². The molecule has 5 rings (SSSR count). The predicted molar refractivity (Wildman–Crippen MR) is 130 cm³/mol.